The van der Waals surface area contributed by atoms with Crippen LogP contribution in [-0.2, 0) is 4.79 Å². The molecule has 136 valence electrons. The van der Waals surface area contributed by atoms with E-state index in [9.17, 15) is 14.0 Å². The second-order valence-electron chi connectivity index (χ2n) is 5.53. The SMILES string of the molecule is O=C(/C=C/c1ccc(-c2ccc(F)cc2)o1)Nc1cc(C(=O)O)ccc1Cl. The van der Waals surface area contributed by atoms with E-state index >= 15 is 0 Å². The zero-order valence-corrected chi connectivity index (χ0v) is 14.5. The maximum atomic E-state index is 13.0. The molecule has 0 aliphatic heterocycles. The molecule has 2 N–H and O–H groups in total. The quantitative estimate of drug-likeness (QED) is 0.599. The van der Waals surface area contributed by atoms with Gasteiger partial charge in [-0.3, -0.25) is 4.79 Å². The van der Waals surface area contributed by atoms with Crippen molar-refractivity contribution in [1.29, 1.82) is 0 Å². The zero-order chi connectivity index (χ0) is 19.4. The molecule has 0 saturated carbocycles. The minimum Gasteiger partial charge on any atom is -0.478 e. The Labute approximate surface area is 158 Å². The van der Waals surface area contributed by atoms with Crippen LogP contribution in [0, 0.1) is 5.82 Å². The van der Waals surface area contributed by atoms with Crippen LogP contribution >= 0.6 is 11.6 Å². The van der Waals surface area contributed by atoms with Gasteiger partial charge in [0.1, 0.15) is 17.3 Å². The van der Waals surface area contributed by atoms with Crippen LogP contribution in [0.5, 0.6) is 0 Å². The molecule has 0 unspecified atom stereocenters. The van der Waals surface area contributed by atoms with E-state index in [0.29, 0.717) is 17.1 Å². The van der Waals surface area contributed by atoms with Crippen molar-refractivity contribution in [3.05, 3.63) is 82.8 Å². The van der Waals surface area contributed by atoms with Crippen molar-refractivity contribution in [3.8, 4) is 11.3 Å². The highest BCUT2D eigenvalue weighted by atomic mass is 35.5. The number of benzene rings is 2. The largest absolute Gasteiger partial charge is 0.478 e. The normalized spacial score (nSPS) is 10.9. The van der Waals surface area contributed by atoms with Gasteiger partial charge in [0.25, 0.3) is 0 Å². The molecule has 0 bridgehead atoms. The Morgan fingerprint density at radius 2 is 1.81 bits per heavy atom. The third kappa shape index (κ3) is 4.62. The van der Waals surface area contributed by atoms with Crippen molar-refractivity contribution < 1.29 is 23.5 Å². The number of hydrogen-bond acceptors (Lipinski definition) is 3. The maximum Gasteiger partial charge on any atom is 0.335 e. The van der Waals surface area contributed by atoms with E-state index in [1.165, 1.54) is 42.5 Å². The molecule has 0 spiro atoms. The van der Waals surface area contributed by atoms with Crippen molar-refractivity contribution in [3.63, 3.8) is 0 Å². The van der Waals surface area contributed by atoms with Gasteiger partial charge in [-0.05, 0) is 60.7 Å². The van der Waals surface area contributed by atoms with Gasteiger partial charge < -0.3 is 14.8 Å². The van der Waals surface area contributed by atoms with Crippen LogP contribution in [0.4, 0.5) is 10.1 Å². The summed E-state index contributed by atoms with van der Waals surface area (Å²) in [5, 5.41) is 11.7. The third-order valence-electron chi connectivity index (χ3n) is 3.63. The predicted molar refractivity (Wildman–Crippen MR) is 100 cm³/mol. The van der Waals surface area contributed by atoms with Crippen LogP contribution in [0.3, 0.4) is 0 Å². The molecule has 7 heteroatoms. The first-order valence-corrected chi connectivity index (χ1v) is 8.18. The molecular formula is C20H13ClFNO4. The first-order chi connectivity index (χ1) is 12.9. The Hall–Kier alpha value is -3.38. The molecule has 27 heavy (non-hydrogen) atoms. The highest BCUT2D eigenvalue weighted by Crippen LogP contribution is 2.24. The topological polar surface area (TPSA) is 79.5 Å². The highest BCUT2D eigenvalue weighted by molar-refractivity contribution is 6.34. The lowest BCUT2D eigenvalue weighted by Gasteiger charge is -2.05. The molecule has 3 rings (SSSR count). The lowest BCUT2D eigenvalue weighted by Crippen LogP contribution is -2.09. The minimum absolute atomic E-state index is 0.00801. The van der Waals surface area contributed by atoms with Gasteiger partial charge in [-0.25, -0.2) is 9.18 Å². The average Bonchev–Trinajstić information content (AvgIpc) is 3.11. The Bertz CT molecular complexity index is 1020. The number of carboxylic acids is 1. The summed E-state index contributed by atoms with van der Waals surface area (Å²) in [5.74, 6) is -1.00. The Morgan fingerprint density at radius 1 is 1.07 bits per heavy atom. The highest BCUT2D eigenvalue weighted by Gasteiger charge is 2.09. The van der Waals surface area contributed by atoms with E-state index in [2.05, 4.69) is 5.32 Å². The van der Waals surface area contributed by atoms with Crippen LogP contribution < -0.4 is 5.32 Å². The van der Waals surface area contributed by atoms with Gasteiger partial charge in [0.05, 0.1) is 16.3 Å². The lowest BCUT2D eigenvalue weighted by molar-refractivity contribution is -0.111. The number of furan rings is 1. The van der Waals surface area contributed by atoms with E-state index in [1.807, 2.05) is 0 Å². The second-order valence-corrected chi connectivity index (χ2v) is 5.94. The lowest BCUT2D eigenvalue weighted by atomic mass is 10.2. The molecule has 3 aromatic rings. The van der Waals surface area contributed by atoms with E-state index < -0.39 is 11.9 Å². The molecule has 1 heterocycles. The summed E-state index contributed by atoms with van der Waals surface area (Å²) < 4.78 is 18.6. The number of carbonyl (C=O) groups is 2. The molecule has 1 aromatic heterocycles. The van der Waals surface area contributed by atoms with E-state index in [-0.39, 0.29) is 22.1 Å². The standard InChI is InChI=1S/C20H13ClFNO4/c21-16-8-3-13(20(25)26)11-17(16)23-19(24)10-7-15-6-9-18(27-15)12-1-4-14(22)5-2-12/h1-11H,(H,23,24)(H,25,26)/b10-7+. The summed E-state index contributed by atoms with van der Waals surface area (Å²) in [4.78, 5) is 23.0. The van der Waals surface area contributed by atoms with Gasteiger partial charge in [0.15, 0.2) is 0 Å². The first kappa shape index (κ1) is 18.4. The van der Waals surface area contributed by atoms with Gasteiger partial charge in [-0.2, -0.15) is 0 Å². The van der Waals surface area contributed by atoms with Crippen LogP contribution in [0.25, 0.3) is 17.4 Å². The van der Waals surface area contributed by atoms with Crippen LogP contribution in [-0.4, -0.2) is 17.0 Å². The summed E-state index contributed by atoms with van der Waals surface area (Å²) in [6, 6.07) is 13.2. The predicted octanol–water partition coefficient (Wildman–Crippen LogP) is 5.09. The number of carbonyl (C=O) groups excluding carboxylic acids is 1. The molecule has 0 atom stereocenters. The average molecular weight is 386 g/mol. The number of aromatic carboxylic acids is 1. The van der Waals surface area contributed by atoms with Crippen molar-refractivity contribution in [2.24, 2.45) is 0 Å². The van der Waals surface area contributed by atoms with Crippen LogP contribution in [0.2, 0.25) is 5.02 Å². The molecular weight excluding hydrogens is 373 g/mol. The summed E-state index contributed by atoms with van der Waals surface area (Å²) in [5.41, 5.74) is 0.907. The summed E-state index contributed by atoms with van der Waals surface area (Å²) in [7, 11) is 0. The fraction of sp³-hybridized carbons (Fsp3) is 0. The number of amides is 1. The van der Waals surface area contributed by atoms with Gasteiger partial charge in [-0.15, -0.1) is 0 Å². The van der Waals surface area contributed by atoms with Crippen molar-refractivity contribution >= 4 is 35.2 Å². The van der Waals surface area contributed by atoms with Gasteiger partial charge in [-0.1, -0.05) is 11.6 Å². The fourth-order valence-electron chi connectivity index (χ4n) is 2.30. The Kier molecular flexibility index (Phi) is 5.38. The van der Waals surface area contributed by atoms with E-state index in [1.54, 1.807) is 24.3 Å². The number of rotatable bonds is 5. The number of halogens is 2. The van der Waals surface area contributed by atoms with Crippen molar-refractivity contribution in [2.75, 3.05) is 5.32 Å². The molecule has 0 saturated heterocycles. The monoisotopic (exact) mass is 385 g/mol. The molecule has 0 aliphatic rings. The fourth-order valence-corrected chi connectivity index (χ4v) is 2.46. The number of hydrogen-bond donors (Lipinski definition) is 2. The zero-order valence-electron chi connectivity index (χ0n) is 13.8. The molecule has 0 radical (unpaired) electrons. The molecule has 1 amide bonds. The van der Waals surface area contributed by atoms with E-state index in [4.69, 9.17) is 21.1 Å². The second kappa shape index (κ2) is 7.88. The number of nitrogens with one attached hydrogen (secondary N) is 1. The summed E-state index contributed by atoms with van der Waals surface area (Å²) in [6.07, 6.45) is 2.69. The minimum atomic E-state index is -1.12. The van der Waals surface area contributed by atoms with Crippen LogP contribution in [0.1, 0.15) is 16.1 Å². The van der Waals surface area contributed by atoms with Crippen LogP contribution in [0.15, 0.2) is 65.1 Å². The van der Waals surface area contributed by atoms with Crippen molar-refractivity contribution in [2.45, 2.75) is 0 Å². The maximum absolute atomic E-state index is 13.0. The number of anilines is 1. The molecule has 0 fully saturated rings. The first-order valence-electron chi connectivity index (χ1n) is 7.80. The number of carboxylic acid groups (broad SMARTS) is 1. The Morgan fingerprint density at radius 3 is 2.52 bits per heavy atom. The van der Waals surface area contributed by atoms with Gasteiger partial charge >= 0.3 is 5.97 Å². The molecule has 0 aliphatic carbocycles. The summed E-state index contributed by atoms with van der Waals surface area (Å²) in [6.45, 7) is 0. The van der Waals surface area contributed by atoms with Gasteiger partial charge in [0.2, 0.25) is 5.91 Å². The van der Waals surface area contributed by atoms with Crippen molar-refractivity contribution in [1.82, 2.24) is 0 Å². The molecule has 5 nitrogen and oxygen atoms in total. The van der Waals surface area contributed by atoms with Gasteiger partial charge in [0, 0.05) is 11.6 Å². The Balaban J connectivity index is 1.70. The smallest absolute Gasteiger partial charge is 0.335 e. The summed E-state index contributed by atoms with van der Waals surface area (Å²) >= 11 is 5.97. The third-order valence-corrected chi connectivity index (χ3v) is 3.96. The molecule has 2 aromatic carbocycles. The van der Waals surface area contributed by atoms with E-state index in [0.717, 1.165) is 0 Å².